The topological polar surface area (TPSA) is 41.1 Å². The lowest BCUT2D eigenvalue weighted by molar-refractivity contribution is 0.615. The maximum absolute atomic E-state index is 13.2. The van der Waals surface area contributed by atoms with Crippen molar-refractivity contribution in [2.45, 2.75) is 46.1 Å². The normalized spacial score (nSPS) is 19.3. The molecule has 2 heterocycles. The van der Waals surface area contributed by atoms with Gasteiger partial charge in [-0.05, 0) is 69.9 Å². The van der Waals surface area contributed by atoms with E-state index in [1.807, 2.05) is 6.92 Å². The fraction of sp³-hybridized carbons (Fsp3) is 0.364. The van der Waals surface area contributed by atoms with Crippen molar-refractivity contribution in [2.24, 2.45) is 0 Å². The van der Waals surface area contributed by atoms with E-state index in [1.54, 1.807) is 17.7 Å². The Labute approximate surface area is 159 Å². The molecule has 1 aromatic carbocycles. The van der Waals surface area contributed by atoms with Gasteiger partial charge in [0.25, 0.3) is 0 Å². The fourth-order valence-corrected chi connectivity index (χ4v) is 3.98. The Hall–Kier alpha value is -2.69. The average Bonchev–Trinajstić information content (AvgIpc) is 2.67. The third kappa shape index (κ3) is 3.46. The van der Waals surface area contributed by atoms with E-state index in [-0.39, 0.29) is 5.82 Å². The number of benzene rings is 1. The average molecular weight is 364 g/mol. The van der Waals surface area contributed by atoms with E-state index >= 15 is 0 Å². The maximum Gasteiger partial charge on any atom is 0.229 e. The molecule has 5 heteroatoms. The van der Waals surface area contributed by atoms with Crippen molar-refractivity contribution in [2.75, 3.05) is 16.8 Å². The highest BCUT2D eigenvalue weighted by Crippen LogP contribution is 2.35. The van der Waals surface area contributed by atoms with Crippen LogP contribution in [0.4, 0.5) is 21.8 Å². The molecule has 0 spiro atoms. The molecule has 1 atom stereocenters. The van der Waals surface area contributed by atoms with Gasteiger partial charge in [-0.3, -0.25) is 0 Å². The molecule has 0 bridgehead atoms. The molecular weight excluding hydrogens is 339 g/mol. The smallest absolute Gasteiger partial charge is 0.229 e. The first-order chi connectivity index (χ1) is 13.0. The minimum absolute atomic E-state index is 0.255. The van der Waals surface area contributed by atoms with Crippen LogP contribution in [0.3, 0.4) is 0 Å². The minimum atomic E-state index is -0.255. The number of aromatic nitrogens is 2. The van der Waals surface area contributed by atoms with Crippen LogP contribution in [0.15, 0.2) is 47.6 Å². The van der Waals surface area contributed by atoms with Gasteiger partial charge in [-0.25, -0.2) is 9.37 Å². The monoisotopic (exact) mass is 364 g/mol. The minimum Gasteiger partial charge on any atom is -0.349 e. The van der Waals surface area contributed by atoms with Crippen molar-refractivity contribution in [1.82, 2.24) is 9.97 Å². The van der Waals surface area contributed by atoms with E-state index in [0.29, 0.717) is 12.0 Å². The van der Waals surface area contributed by atoms with E-state index < -0.39 is 0 Å². The predicted octanol–water partition coefficient (Wildman–Crippen LogP) is 5.22. The number of nitrogens with zero attached hydrogens (tertiary/aromatic N) is 3. The molecule has 4 rings (SSSR count). The first-order valence-electron chi connectivity index (χ1n) is 9.53. The molecule has 0 radical (unpaired) electrons. The Morgan fingerprint density at radius 1 is 1.07 bits per heavy atom. The Kier molecular flexibility index (Phi) is 4.68. The summed E-state index contributed by atoms with van der Waals surface area (Å²) in [6, 6.07) is 6.60. The van der Waals surface area contributed by atoms with Crippen molar-refractivity contribution in [3.63, 3.8) is 0 Å². The number of hydrogen-bond donors (Lipinski definition) is 1. The van der Waals surface area contributed by atoms with Crippen LogP contribution in [0.5, 0.6) is 0 Å². The van der Waals surface area contributed by atoms with Gasteiger partial charge in [-0.2, -0.15) is 4.98 Å². The number of aryl methyl sites for hydroxylation is 1. The predicted molar refractivity (Wildman–Crippen MR) is 108 cm³/mol. The number of rotatable bonds is 3. The lowest BCUT2D eigenvalue weighted by atomic mass is 9.86. The van der Waals surface area contributed by atoms with Gasteiger partial charge in [-0.1, -0.05) is 17.7 Å². The summed E-state index contributed by atoms with van der Waals surface area (Å²) in [6.45, 7) is 7.35. The van der Waals surface area contributed by atoms with Gasteiger partial charge in [0.15, 0.2) is 0 Å². The number of anilines is 3. The molecule has 0 saturated heterocycles. The summed E-state index contributed by atoms with van der Waals surface area (Å²) in [5, 5.41) is 3.21. The molecule has 0 amide bonds. The SMILES string of the molecule is Cc1nc(Nc2ccc(F)cc2)nc(N2CCC3=C(CC=CC3)C2C)c1C. The Balaban J connectivity index is 1.65. The molecular formula is C22H25FN4. The number of hydrogen-bond acceptors (Lipinski definition) is 4. The first-order valence-corrected chi connectivity index (χ1v) is 9.53. The second-order valence-corrected chi connectivity index (χ2v) is 7.34. The standard InChI is InChI=1S/C22H25FN4/c1-14-15(2)24-22(25-19-10-8-18(23)9-11-19)26-21(14)27-13-12-17-6-4-5-7-20(17)16(27)3/h4-5,8-11,16H,6-7,12-13H2,1-3H3,(H,24,25,26). The van der Waals surface area contributed by atoms with Crippen LogP contribution in [0.1, 0.15) is 37.4 Å². The van der Waals surface area contributed by atoms with E-state index in [2.05, 4.69) is 41.2 Å². The largest absolute Gasteiger partial charge is 0.349 e. The molecule has 0 fully saturated rings. The van der Waals surface area contributed by atoms with Crippen molar-refractivity contribution in [3.8, 4) is 0 Å². The van der Waals surface area contributed by atoms with Gasteiger partial charge in [0, 0.05) is 29.5 Å². The van der Waals surface area contributed by atoms with E-state index in [1.165, 1.54) is 17.7 Å². The van der Waals surface area contributed by atoms with Gasteiger partial charge < -0.3 is 10.2 Å². The van der Waals surface area contributed by atoms with Crippen LogP contribution in [0.2, 0.25) is 0 Å². The quantitative estimate of drug-likeness (QED) is 0.758. The summed E-state index contributed by atoms with van der Waals surface area (Å²) in [4.78, 5) is 11.8. The number of halogens is 1. The van der Waals surface area contributed by atoms with E-state index in [4.69, 9.17) is 4.98 Å². The van der Waals surface area contributed by atoms with Gasteiger partial charge >= 0.3 is 0 Å². The van der Waals surface area contributed by atoms with Gasteiger partial charge in [0.2, 0.25) is 5.95 Å². The summed E-state index contributed by atoms with van der Waals surface area (Å²) in [7, 11) is 0. The van der Waals surface area contributed by atoms with Crippen LogP contribution in [0, 0.1) is 19.7 Å². The summed E-state index contributed by atoms with van der Waals surface area (Å²) >= 11 is 0. The Morgan fingerprint density at radius 3 is 2.59 bits per heavy atom. The van der Waals surface area contributed by atoms with Gasteiger partial charge in [0.1, 0.15) is 11.6 Å². The van der Waals surface area contributed by atoms with Crippen molar-refractivity contribution in [1.29, 1.82) is 0 Å². The second-order valence-electron chi connectivity index (χ2n) is 7.34. The Morgan fingerprint density at radius 2 is 1.81 bits per heavy atom. The number of nitrogens with one attached hydrogen (secondary N) is 1. The van der Waals surface area contributed by atoms with Crippen LogP contribution in [-0.2, 0) is 0 Å². The van der Waals surface area contributed by atoms with E-state index in [0.717, 1.165) is 48.6 Å². The second kappa shape index (κ2) is 7.14. The zero-order chi connectivity index (χ0) is 19.0. The van der Waals surface area contributed by atoms with Crippen molar-refractivity contribution in [3.05, 3.63) is 64.6 Å². The molecule has 4 nitrogen and oxygen atoms in total. The fourth-order valence-electron chi connectivity index (χ4n) is 3.98. The Bertz CT molecular complexity index is 915. The molecule has 27 heavy (non-hydrogen) atoms. The highest BCUT2D eigenvalue weighted by atomic mass is 19.1. The molecule has 1 unspecified atom stereocenters. The summed E-state index contributed by atoms with van der Waals surface area (Å²) < 4.78 is 13.2. The molecule has 0 saturated carbocycles. The van der Waals surface area contributed by atoms with Crippen molar-refractivity contribution >= 4 is 17.5 Å². The summed E-state index contributed by atoms with van der Waals surface area (Å²) in [6.07, 6.45) is 7.78. The molecule has 1 aliphatic heterocycles. The van der Waals surface area contributed by atoms with Crippen LogP contribution < -0.4 is 10.2 Å². The first kappa shape index (κ1) is 17.7. The molecule has 1 aliphatic carbocycles. The lowest BCUT2D eigenvalue weighted by Crippen LogP contribution is -2.41. The third-order valence-corrected chi connectivity index (χ3v) is 5.69. The van der Waals surface area contributed by atoms with Crippen LogP contribution >= 0.6 is 0 Å². The maximum atomic E-state index is 13.2. The zero-order valence-corrected chi connectivity index (χ0v) is 16.1. The molecule has 2 aromatic rings. The molecule has 2 aliphatic rings. The van der Waals surface area contributed by atoms with Gasteiger partial charge in [-0.15, -0.1) is 0 Å². The summed E-state index contributed by atoms with van der Waals surface area (Å²) in [5.74, 6) is 1.28. The number of allylic oxidation sites excluding steroid dienone is 2. The highest BCUT2D eigenvalue weighted by Gasteiger charge is 2.29. The lowest BCUT2D eigenvalue weighted by Gasteiger charge is -2.39. The van der Waals surface area contributed by atoms with Crippen molar-refractivity contribution < 1.29 is 4.39 Å². The summed E-state index contributed by atoms with van der Waals surface area (Å²) in [5.41, 5.74) is 5.98. The highest BCUT2D eigenvalue weighted by molar-refractivity contribution is 5.59. The molecule has 1 N–H and O–H groups in total. The van der Waals surface area contributed by atoms with Gasteiger partial charge in [0.05, 0.1) is 0 Å². The zero-order valence-electron chi connectivity index (χ0n) is 16.1. The molecule has 140 valence electrons. The molecule has 1 aromatic heterocycles. The van der Waals surface area contributed by atoms with Crippen LogP contribution in [-0.4, -0.2) is 22.6 Å². The van der Waals surface area contributed by atoms with Crippen LogP contribution in [0.25, 0.3) is 0 Å². The third-order valence-electron chi connectivity index (χ3n) is 5.69. The van der Waals surface area contributed by atoms with E-state index in [9.17, 15) is 4.39 Å².